The summed E-state index contributed by atoms with van der Waals surface area (Å²) in [5.74, 6) is -0.800. The fourth-order valence-corrected chi connectivity index (χ4v) is 4.11. The number of aliphatic hydroxyl groups excluding tert-OH is 1. The van der Waals surface area contributed by atoms with Crippen LogP contribution in [0.4, 0.5) is 0 Å². The molecule has 0 aromatic rings. The Kier molecular flexibility index (Phi) is 5.27. The second-order valence-corrected chi connectivity index (χ2v) is 6.97. The molecule has 5 heteroatoms. The smallest absolute Gasteiger partial charge is 0.228 e. The van der Waals surface area contributed by atoms with Gasteiger partial charge in [-0.05, 0) is 31.7 Å². The molecule has 0 heterocycles. The maximum absolute atomic E-state index is 11.8. The predicted octanol–water partition coefficient (Wildman–Crippen LogP) is 1.50. The van der Waals surface area contributed by atoms with Crippen LogP contribution in [0.25, 0.3) is 0 Å². The highest BCUT2D eigenvalue weighted by Gasteiger charge is 2.31. The van der Waals surface area contributed by atoms with Crippen molar-refractivity contribution < 1.29 is 14.6 Å². The summed E-state index contributed by atoms with van der Waals surface area (Å²) in [6, 6.07) is 0. The summed E-state index contributed by atoms with van der Waals surface area (Å²) in [6.45, 7) is 0.260. The maximum Gasteiger partial charge on any atom is 0.228 e. The van der Waals surface area contributed by atoms with Crippen molar-refractivity contribution in [3.8, 4) is 0 Å². The Labute approximate surface area is 91.3 Å². The van der Waals surface area contributed by atoms with Crippen LogP contribution in [0.3, 0.4) is 0 Å². The lowest BCUT2D eigenvalue weighted by atomic mass is 9.91. The minimum absolute atomic E-state index is 0.223. The Bertz CT molecular complexity index is 229. The van der Waals surface area contributed by atoms with Crippen molar-refractivity contribution in [2.24, 2.45) is 11.7 Å². The highest BCUT2D eigenvalue weighted by molar-refractivity contribution is 7.58. The summed E-state index contributed by atoms with van der Waals surface area (Å²) in [6.07, 6.45) is 6.08. The minimum Gasteiger partial charge on any atom is -0.383 e. The minimum atomic E-state index is -3.39. The Balaban J connectivity index is 2.43. The highest BCUT2D eigenvalue weighted by Crippen LogP contribution is 2.49. The molecule has 0 aliphatic heterocycles. The molecular weight excluding hydrogens is 213 g/mol. The van der Waals surface area contributed by atoms with Gasteiger partial charge in [0.25, 0.3) is 0 Å². The Morgan fingerprint density at radius 2 is 1.93 bits per heavy atom. The normalized spacial score (nSPS) is 24.7. The predicted molar refractivity (Wildman–Crippen MR) is 60.9 cm³/mol. The summed E-state index contributed by atoms with van der Waals surface area (Å²) >= 11 is 0. The van der Waals surface area contributed by atoms with Gasteiger partial charge in [0.05, 0.1) is 0 Å². The van der Waals surface area contributed by atoms with E-state index in [1.807, 2.05) is 0 Å². The van der Waals surface area contributed by atoms with Crippen molar-refractivity contribution in [3.63, 3.8) is 0 Å². The molecule has 1 aliphatic rings. The zero-order valence-electron chi connectivity index (χ0n) is 9.14. The molecule has 1 rings (SSSR count). The maximum atomic E-state index is 11.8. The second-order valence-electron chi connectivity index (χ2n) is 4.50. The van der Waals surface area contributed by atoms with Gasteiger partial charge in [0.1, 0.15) is 5.85 Å². The summed E-state index contributed by atoms with van der Waals surface area (Å²) in [7, 11) is -3.39. The zero-order chi connectivity index (χ0) is 11.3. The van der Waals surface area contributed by atoms with E-state index in [2.05, 4.69) is 0 Å². The Morgan fingerprint density at radius 1 is 1.33 bits per heavy atom. The van der Waals surface area contributed by atoms with Gasteiger partial charge in [-0.25, -0.2) is 0 Å². The van der Waals surface area contributed by atoms with E-state index in [-0.39, 0.29) is 19.1 Å². The number of hydrogen-bond donors (Lipinski definition) is 3. The third kappa shape index (κ3) is 4.23. The summed E-state index contributed by atoms with van der Waals surface area (Å²) < 4.78 is 11.8. The molecule has 0 saturated heterocycles. The van der Waals surface area contributed by atoms with E-state index in [1.165, 1.54) is 6.42 Å². The van der Waals surface area contributed by atoms with Crippen LogP contribution in [0.1, 0.15) is 38.5 Å². The molecule has 1 saturated carbocycles. The monoisotopic (exact) mass is 235 g/mol. The first-order valence-corrected chi connectivity index (χ1v) is 7.67. The van der Waals surface area contributed by atoms with E-state index in [9.17, 15) is 14.6 Å². The van der Waals surface area contributed by atoms with Crippen LogP contribution in [0.2, 0.25) is 0 Å². The summed E-state index contributed by atoms with van der Waals surface area (Å²) in [4.78, 5) is 9.72. The topological polar surface area (TPSA) is 83.5 Å². The molecule has 0 spiro atoms. The number of nitrogens with two attached hydrogens (primary N) is 1. The second kappa shape index (κ2) is 6.00. The van der Waals surface area contributed by atoms with Crippen molar-refractivity contribution in [2.45, 2.75) is 44.4 Å². The van der Waals surface area contributed by atoms with E-state index in [0.29, 0.717) is 5.92 Å². The van der Waals surface area contributed by atoms with Crippen LogP contribution in [-0.2, 0) is 4.57 Å². The van der Waals surface area contributed by atoms with Crippen molar-refractivity contribution >= 4 is 7.37 Å². The van der Waals surface area contributed by atoms with Crippen molar-refractivity contribution in [1.82, 2.24) is 0 Å². The molecule has 90 valence electrons. The molecule has 4 N–H and O–H groups in total. The molecule has 2 atom stereocenters. The third-order valence-electron chi connectivity index (χ3n) is 3.14. The van der Waals surface area contributed by atoms with Crippen LogP contribution in [0.5, 0.6) is 0 Å². The molecule has 4 nitrogen and oxygen atoms in total. The van der Waals surface area contributed by atoms with Crippen LogP contribution in [0, 0.1) is 5.92 Å². The third-order valence-corrected chi connectivity index (χ3v) is 5.36. The van der Waals surface area contributed by atoms with Gasteiger partial charge in [-0.15, -0.1) is 0 Å². The number of rotatable bonds is 5. The molecule has 15 heavy (non-hydrogen) atoms. The molecule has 0 bridgehead atoms. The van der Waals surface area contributed by atoms with Gasteiger partial charge in [0, 0.05) is 6.16 Å². The SMILES string of the molecule is NCC[C@H](O)P(=O)(O)CC1CCCCC1. The van der Waals surface area contributed by atoms with Gasteiger partial charge in [0.15, 0.2) is 0 Å². The van der Waals surface area contributed by atoms with Gasteiger partial charge in [-0.2, -0.15) is 0 Å². The van der Waals surface area contributed by atoms with Crippen LogP contribution in [0.15, 0.2) is 0 Å². The molecular formula is C10H22NO3P. The van der Waals surface area contributed by atoms with E-state index >= 15 is 0 Å². The molecule has 1 unspecified atom stereocenters. The first-order valence-electron chi connectivity index (χ1n) is 5.76. The fraction of sp³-hybridized carbons (Fsp3) is 1.00. The molecule has 0 radical (unpaired) electrons. The zero-order valence-corrected chi connectivity index (χ0v) is 10.0. The number of hydrogen-bond acceptors (Lipinski definition) is 3. The van der Waals surface area contributed by atoms with Crippen molar-refractivity contribution in [2.75, 3.05) is 12.7 Å². The molecule has 0 aromatic heterocycles. The van der Waals surface area contributed by atoms with Crippen LogP contribution < -0.4 is 5.73 Å². The summed E-state index contributed by atoms with van der Waals surface area (Å²) in [5, 5.41) is 9.51. The molecule has 1 fully saturated rings. The molecule has 0 amide bonds. The highest BCUT2D eigenvalue weighted by atomic mass is 31.2. The average Bonchev–Trinajstić information content (AvgIpc) is 2.19. The summed E-state index contributed by atoms with van der Waals surface area (Å²) in [5.41, 5.74) is 5.27. The lowest BCUT2D eigenvalue weighted by Gasteiger charge is -2.26. The first kappa shape index (κ1) is 13.2. The Hall–Kier alpha value is 0.110. The fourth-order valence-electron chi connectivity index (χ4n) is 2.21. The van der Waals surface area contributed by atoms with E-state index in [4.69, 9.17) is 5.73 Å². The van der Waals surface area contributed by atoms with Crippen molar-refractivity contribution in [3.05, 3.63) is 0 Å². The van der Waals surface area contributed by atoms with Crippen LogP contribution in [-0.4, -0.2) is 28.6 Å². The lowest BCUT2D eigenvalue weighted by molar-refractivity contribution is 0.219. The average molecular weight is 235 g/mol. The first-order chi connectivity index (χ1) is 7.06. The van der Waals surface area contributed by atoms with Gasteiger partial charge < -0.3 is 15.7 Å². The van der Waals surface area contributed by atoms with Gasteiger partial charge in [0.2, 0.25) is 7.37 Å². The van der Waals surface area contributed by atoms with E-state index < -0.39 is 13.2 Å². The quantitative estimate of drug-likeness (QED) is 0.630. The van der Waals surface area contributed by atoms with Gasteiger partial charge in [-0.1, -0.05) is 19.3 Å². The van der Waals surface area contributed by atoms with E-state index in [1.54, 1.807) is 0 Å². The van der Waals surface area contributed by atoms with E-state index in [0.717, 1.165) is 25.7 Å². The number of aliphatic hydroxyl groups is 1. The molecule has 0 aromatic carbocycles. The van der Waals surface area contributed by atoms with Crippen molar-refractivity contribution in [1.29, 1.82) is 0 Å². The largest absolute Gasteiger partial charge is 0.383 e. The molecule has 1 aliphatic carbocycles. The van der Waals surface area contributed by atoms with Gasteiger partial charge >= 0.3 is 0 Å². The van der Waals surface area contributed by atoms with Crippen LogP contribution >= 0.6 is 7.37 Å². The Morgan fingerprint density at radius 3 is 2.47 bits per heavy atom. The standard InChI is InChI=1S/C10H22NO3P/c11-7-6-10(12)15(13,14)8-9-4-2-1-3-5-9/h9-10,12H,1-8,11H2,(H,13,14)/t10-/m1/s1. The van der Waals surface area contributed by atoms with Gasteiger partial charge in [-0.3, -0.25) is 4.57 Å². The lowest BCUT2D eigenvalue weighted by Crippen LogP contribution is -2.19.